The van der Waals surface area contributed by atoms with E-state index in [-0.39, 0.29) is 68.4 Å². The number of hydrogen-bond donors (Lipinski definition) is 7. The summed E-state index contributed by atoms with van der Waals surface area (Å²) in [7, 11) is 0. The summed E-state index contributed by atoms with van der Waals surface area (Å²) in [5.41, 5.74) is 3.17. The molecule has 14 aliphatic rings. The molecule has 13 heteroatoms. The lowest BCUT2D eigenvalue weighted by atomic mass is 9.42. The van der Waals surface area contributed by atoms with E-state index in [9.17, 15) is 45.3 Å². The van der Waals surface area contributed by atoms with Gasteiger partial charge < -0.3 is 54.7 Å². The molecule has 83 heavy (non-hydrogen) atoms. The highest BCUT2D eigenvalue weighted by atomic mass is 16.7. The van der Waals surface area contributed by atoms with Gasteiger partial charge in [0, 0.05) is 35.0 Å². The molecule has 7 N–H and O–H groups in total. The van der Waals surface area contributed by atoms with Gasteiger partial charge in [0.1, 0.15) is 41.2 Å². The number of ether oxygens (including phenoxy) is 4. The van der Waals surface area contributed by atoms with Crippen molar-refractivity contribution in [1.29, 1.82) is 0 Å². The molecule has 0 radical (unpaired) electrons. The Labute approximate surface area is 489 Å². The quantitative estimate of drug-likeness (QED) is 0.102. The summed E-state index contributed by atoms with van der Waals surface area (Å²) >= 11 is 0. The van der Waals surface area contributed by atoms with Crippen LogP contribution in [0.5, 0.6) is 17.2 Å². The average Bonchev–Trinajstić information content (AvgIpc) is 1.56. The molecule has 450 valence electrons. The lowest BCUT2D eigenvalue weighted by Crippen LogP contribution is -2.72. The molecule has 0 amide bonds. The number of rotatable bonds is 7. The van der Waals surface area contributed by atoms with E-state index in [0.29, 0.717) is 65.3 Å². The van der Waals surface area contributed by atoms with Gasteiger partial charge in [-0.15, -0.1) is 0 Å². The smallest absolute Gasteiger partial charge is 0.335 e. The van der Waals surface area contributed by atoms with Crippen LogP contribution in [-0.2, 0) is 14.2 Å². The number of allylic oxidation sites excluding steroid dienone is 2. The van der Waals surface area contributed by atoms with Gasteiger partial charge in [-0.1, -0.05) is 57.4 Å². The highest BCUT2D eigenvalue weighted by Gasteiger charge is 2.79. The third kappa shape index (κ3) is 7.25. The number of ketones is 1. The number of aliphatic hydroxyl groups excluding tert-OH is 4. The van der Waals surface area contributed by atoms with E-state index in [2.05, 4.69) is 6.08 Å². The average molecular weight is 1140 g/mol. The number of carboxylic acid groups (broad SMARTS) is 1. The monoisotopic (exact) mass is 1140 g/mol. The minimum absolute atomic E-state index is 0.0702. The summed E-state index contributed by atoms with van der Waals surface area (Å²) in [6, 6.07) is 2.39. The molecule has 15 unspecified atom stereocenters. The lowest BCUT2D eigenvalue weighted by molar-refractivity contribution is -0.339. The number of hydrogen-bond acceptors (Lipinski definition) is 12. The molecule has 16 rings (SSSR count). The van der Waals surface area contributed by atoms with Crippen molar-refractivity contribution in [2.24, 2.45) is 67.0 Å². The second kappa shape index (κ2) is 18.5. The molecule has 4 heterocycles. The van der Waals surface area contributed by atoms with E-state index < -0.39 is 71.1 Å². The lowest BCUT2D eigenvalue weighted by Gasteiger charge is -2.64. The van der Waals surface area contributed by atoms with E-state index in [1.807, 2.05) is 0 Å². The Bertz CT molecular complexity index is 3110. The van der Waals surface area contributed by atoms with Gasteiger partial charge in [0.05, 0.1) is 35.3 Å². The van der Waals surface area contributed by atoms with E-state index in [1.54, 1.807) is 0 Å². The number of phenols is 2. The first-order chi connectivity index (χ1) is 39.8. The Morgan fingerprint density at radius 2 is 1.43 bits per heavy atom. The Kier molecular flexibility index (Phi) is 12.2. The van der Waals surface area contributed by atoms with Crippen LogP contribution in [0.3, 0.4) is 0 Å². The zero-order valence-electron chi connectivity index (χ0n) is 49.4. The molecule has 4 aliphatic heterocycles. The van der Waals surface area contributed by atoms with Crippen LogP contribution >= 0.6 is 0 Å². The van der Waals surface area contributed by atoms with Crippen molar-refractivity contribution in [2.45, 2.75) is 249 Å². The van der Waals surface area contributed by atoms with Crippen LogP contribution in [0.1, 0.15) is 226 Å². The first-order valence-corrected chi connectivity index (χ1v) is 33.3. The number of carboxylic acids is 1. The standard InChI is InChI=1S/C70H92O13/c1-39-50(40(2)72)55(74)52-44(54(39)73)26-41(60(78)79)27-48(52)81-61-56(75)57(76)70-30-45-46-29-64(35-66(20-9-10-21-66)69(37-64)36-63(16-5-6-17-63)34-67(69)24-23-62(33-67)14-3-4-15-62)28-42-32-80-38-68(53(42)46,22-11-25-71)47-13-12-43(51(45)47)49(83-70)31-65(18-7-8-19-65)58(77)59(70)82-61/h13,26-27,42,45-46,49,53,56-59,61,71,73-77H,3-12,14-25,28-38H2,1-2H3,(H,78,79). The fourth-order valence-corrected chi connectivity index (χ4v) is 26.0. The van der Waals surface area contributed by atoms with Crippen LogP contribution in [0.25, 0.3) is 10.8 Å². The highest BCUT2D eigenvalue weighted by molar-refractivity contribution is 6.11. The van der Waals surface area contributed by atoms with E-state index in [0.717, 1.165) is 45.1 Å². The molecule has 9 saturated carbocycles. The molecular weight excluding hydrogens is 1050 g/mol. The minimum atomic E-state index is -1.79. The first kappa shape index (κ1) is 54.8. The van der Waals surface area contributed by atoms with Crippen LogP contribution < -0.4 is 4.74 Å². The topological polar surface area (TPSA) is 213 Å². The van der Waals surface area contributed by atoms with Crippen molar-refractivity contribution in [2.75, 3.05) is 19.8 Å². The van der Waals surface area contributed by atoms with Gasteiger partial charge in [-0.05, 0) is 240 Å². The largest absolute Gasteiger partial charge is 0.507 e. The molecule has 8 spiro atoms. The maximum atomic E-state index is 13.5. The van der Waals surface area contributed by atoms with Gasteiger partial charge in [0.25, 0.3) is 0 Å². The second-order valence-electron chi connectivity index (χ2n) is 31.8. The Hall–Kier alpha value is -3.56. The predicted molar refractivity (Wildman–Crippen MR) is 309 cm³/mol. The Morgan fingerprint density at radius 1 is 0.747 bits per heavy atom. The summed E-state index contributed by atoms with van der Waals surface area (Å²) in [4.78, 5) is 25.8. The molecular formula is C70H92O13. The molecule has 2 aromatic carbocycles. The molecule has 12 fully saturated rings. The van der Waals surface area contributed by atoms with Crippen LogP contribution in [0.4, 0.5) is 0 Å². The molecule has 2 bridgehead atoms. The van der Waals surface area contributed by atoms with Gasteiger partial charge in [-0.25, -0.2) is 4.79 Å². The molecule has 3 saturated heterocycles. The van der Waals surface area contributed by atoms with Gasteiger partial charge >= 0.3 is 5.97 Å². The Balaban J connectivity index is 0.836. The van der Waals surface area contributed by atoms with Crippen LogP contribution in [-0.4, -0.2) is 110 Å². The molecule has 13 nitrogen and oxygen atoms in total. The maximum absolute atomic E-state index is 13.5. The fraction of sp³-hybridized carbons (Fsp3) is 0.771. The first-order valence-electron chi connectivity index (χ1n) is 33.3. The fourth-order valence-electron chi connectivity index (χ4n) is 26.0. The summed E-state index contributed by atoms with van der Waals surface area (Å²) in [5, 5.41) is 84.3. The number of aromatic carboxylic acids is 1. The minimum Gasteiger partial charge on any atom is -0.507 e. The zero-order valence-corrected chi connectivity index (χ0v) is 49.4. The molecule has 10 aliphatic carbocycles. The van der Waals surface area contributed by atoms with Crippen molar-refractivity contribution in [3.05, 3.63) is 51.6 Å². The number of aliphatic hydroxyl groups is 4. The van der Waals surface area contributed by atoms with Gasteiger partial charge in [0.15, 0.2) is 5.78 Å². The van der Waals surface area contributed by atoms with E-state index in [1.165, 1.54) is 171 Å². The van der Waals surface area contributed by atoms with Crippen molar-refractivity contribution >= 4 is 22.5 Å². The third-order valence-electron chi connectivity index (χ3n) is 28.2. The summed E-state index contributed by atoms with van der Waals surface area (Å²) < 4.78 is 28.7. The SMILES string of the molecule is CC(=O)c1c(C)c(O)c2cc(C(=O)O)cc(OC3OC4C(O)C5(CCCC5)CC5OC4(CC4C6=C5CC=C6C5(CCCO)COCC6CC7(CC4C65)CC4(CCCC4)C4(C7)CC5(CCCC5)CC45CCC4(CCCC4)C5)C(O)C3O)c2c1O. The number of fused-ring (bicyclic) bond motifs is 7. The van der Waals surface area contributed by atoms with Gasteiger partial charge in [0.2, 0.25) is 6.29 Å². The highest BCUT2D eigenvalue weighted by Crippen LogP contribution is 2.87. The number of carbonyl (C=O) groups is 2. The van der Waals surface area contributed by atoms with E-state index >= 15 is 0 Å². The molecule has 15 atom stereocenters. The van der Waals surface area contributed by atoms with Crippen LogP contribution in [0.15, 0.2) is 34.9 Å². The van der Waals surface area contributed by atoms with Crippen molar-refractivity contribution in [1.82, 2.24) is 0 Å². The summed E-state index contributed by atoms with van der Waals surface area (Å²) in [5.74, 6) is -2.38. The Morgan fingerprint density at radius 3 is 2.16 bits per heavy atom. The number of phenolic OH excluding ortho intramolecular Hbond substituents is 2. The number of carbonyl (C=O) groups excluding carboxylic acids is 1. The normalized spacial score (nSPS) is 43.5. The van der Waals surface area contributed by atoms with Gasteiger partial charge in [-0.2, -0.15) is 0 Å². The molecule has 2 aromatic rings. The van der Waals surface area contributed by atoms with E-state index in [4.69, 9.17) is 18.9 Å². The van der Waals surface area contributed by atoms with Crippen molar-refractivity contribution in [3.8, 4) is 17.2 Å². The maximum Gasteiger partial charge on any atom is 0.335 e. The summed E-state index contributed by atoms with van der Waals surface area (Å²) in [6.07, 6.45) is 29.6. The zero-order chi connectivity index (χ0) is 57.1. The van der Waals surface area contributed by atoms with Gasteiger partial charge in [-0.3, -0.25) is 4.79 Å². The number of aromatic hydroxyl groups is 2. The van der Waals surface area contributed by atoms with Crippen LogP contribution in [0.2, 0.25) is 0 Å². The number of Topliss-reactive ketones (excluding diaryl/α,β-unsaturated/α-hetero) is 1. The number of benzene rings is 2. The molecule has 0 aromatic heterocycles. The van der Waals surface area contributed by atoms with Crippen LogP contribution in [0, 0.1) is 73.9 Å². The second-order valence-corrected chi connectivity index (χ2v) is 31.8. The predicted octanol–water partition coefficient (Wildman–Crippen LogP) is 12.2. The third-order valence-corrected chi connectivity index (χ3v) is 28.2. The van der Waals surface area contributed by atoms with Crippen molar-refractivity contribution in [3.63, 3.8) is 0 Å². The van der Waals surface area contributed by atoms with Crippen molar-refractivity contribution < 1.29 is 64.3 Å². The summed E-state index contributed by atoms with van der Waals surface area (Å²) in [6.45, 7) is 4.21.